The molecule has 0 spiro atoms. The van der Waals surface area contributed by atoms with Crippen molar-refractivity contribution in [1.29, 1.82) is 0 Å². The van der Waals surface area contributed by atoms with Crippen LogP contribution in [-0.2, 0) is 9.57 Å². The van der Waals surface area contributed by atoms with Crippen molar-refractivity contribution >= 4 is 5.71 Å². The number of halogens is 3. The van der Waals surface area contributed by atoms with Gasteiger partial charge in [0.25, 0.3) is 0 Å². The molecule has 1 heterocycles. The molecule has 0 bridgehead atoms. The van der Waals surface area contributed by atoms with Crippen molar-refractivity contribution in [3.63, 3.8) is 0 Å². The summed E-state index contributed by atoms with van der Waals surface area (Å²) in [7, 11) is 0. The summed E-state index contributed by atoms with van der Waals surface area (Å²) >= 11 is 0. The molecule has 120 valence electrons. The molecule has 3 nitrogen and oxygen atoms in total. The zero-order valence-electron chi connectivity index (χ0n) is 12.6. The maximum Gasteiger partial charge on any atom is 0.436 e. The molecule has 6 heteroatoms. The summed E-state index contributed by atoms with van der Waals surface area (Å²) in [5, 5.41) is 3.12. The Bertz CT molecular complexity index is 418. The van der Waals surface area contributed by atoms with E-state index in [0.29, 0.717) is 17.8 Å². The van der Waals surface area contributed by atoms with Crippen LogP contribution in [0.4, 0.5) is 13.2 Å². The van der Waals surface area contributed by atoms with E-state index in [0.717, 1.165) is 18.9 Å². The van der Waals surface area contributed by atoms with E-state index in [9.17, 15) is 13.2 Å². The molecule has 0 aromatic carbocycles. The number of allylic oxidation sites excluding steroid dienone is 1. The highest BCUT2D eigenvalue weighted by Gasteiger charge is 2.38. The first-order chi connectivity index (χ1) is 9.77. The summed E-state index contributed by atoms with van der Waals surface area (Å²) < 4.78 is 43.2. The smallest absolute Gasteiger partial charge is 0.359 e. The van der Waals surface area contributed by atoms with Gasteiger partial charge in [0.2, 0.25) is 6.29 Å². The van der Waals surface area contributed by atoms with Gasteiger partial charge in [-0.25, -0.2) is 0 Å². The van der Waals surface area contributed by atoms with Gasteiger partial charge >= 0.3 is 6.18 Å². The summed E-state index contributed by atoms with van der Waals surface area (Å²) in [6.07, 6.45) is 0.0567. The molecule has 1 aliphatic heterocycles. The summed E-state index contributed by atoms with van der Waals surface area (Å²) in [6, 6.07) is 0. The minimum absolute atomic E-state index is 0.00559. The number of rotatable bonds is 3. The molecule has 0 aromatic rings. The highest BCUT2D eigenvalue weighted by molar-refractivity contribution is 5.99. The summed E-state index contributed by atoms with van der Waals surface area (Å²) in [4.78, 5) is 4.84. The first-order valence-electron chi connectivity index (χ1n) is 7.42. The molecule has 0 saturated heterocycles. The molecule has 2 unspecified atom stereocenters. The van der Waals surface area contributed by atoms with Crippen LogP contribution in [0.25, 0.3) is 0 Å². The lowest BCUT2D eigenvalue weighted by Gasteiger charge is -2.38. The third kappa shape index (κ3) is 4.22. The number of nitrogens with zero attached hydrogens (tertiary/aromatic N) is 1. The van der Waals surface area contributed by atoms with Crippen molar-refractivity contribution in [2.24, 2.45) is 22.9 Å². The van der Waals surface area contributed by atoms with Gasteiger partial charge in [-0.3, -0.25) is 0 Å². The number of hydrogen-bond donors (Lipinski definition) is 0. The zero-order valence-corrected chi connectivity index (χ0v) is 12.6. The minimum atomic E-state index is -4.48. The van der Waals surface area contributed by atoms with Crippen LogP contribution in [0, 0.1) is 17.8 Å². The Morgan fingerprint density at radius 1 is 1.33 bits per heavy atom. The summed E-state index contributed by atoms with van der Waals surface area (Å²) in [5.74, 6) is 1.45. The Labute approximate surface area is 123 Å². The van der Waals surface area contributed by atoms with E-state index in [-0.39, 0.29) is 6.10 Å². The first-order valence-corrected chi connectivity index (χ1v) is 7.42. The molecule has 0 N–H and O–H groups in total. The van der Waals surface area contributed by atoms with Gasteiger partial charge in [-0.2, -0.15) is 13.2 Å². The van der Waals surface area contributed by atoms with Gasteiger partial charge in [0, 0.05) is 0 Å². The highest BCUT2D eigenvalue weighted by Crippen LogP contribution is 2.36. The van der Waals surface area contributed by atoms with E-state index in [2.05, 4.69) is 25.9 Å². The quantitative estimate of drug-likeness (QED) is 0.778. The maximum atomic E-state index is 12.4. The third-order valence-corrected chi connectivity index (χ3v) is 4.23. The van der Waals surface area contributed by atoms with Gasteiger partial charge in [-0.15, -0.1) is 0 Å². The molecular weight excluding hydrogens is 283 g/mol. The fourth-order valence-corrected chi connectivity index (χ4v) is 3.00. The number of ether oxygens (including phenoxy) is 1. The first kappa shape index (κ1) is 16.3. The van der Waals surface area contributed by atoms with Crippen LogP contribution in [-0.4, -0.2) is 24.3 Å². The Morgan fingerprint density at radius 2 is 2.05 bits per heavy atom. The topological polar surface area (TPSA) is 30.8 Å². The summed E-state index contributed by atoms with van der Waals surface area (Å²) in [5.41, 5.74) is -1.03. The highest BCUT2D eigenvalue weighted by atomic mass is 19.4. The molecule has 1 aliphatic carbocycles. The Morgan fingerprint density at radius 3 is 2.57 bits per heavy atom. The van der Waals surface area contributed by atoms with Gasteiger partial charge in [0.05, 0.1) is 6.10 Å². The van der Waals surface area contributed by atoms with Crippen LogP contribution < -0.4 is 0 Å². The van der Waals surface area contributed by atoms with E-state index < -0.39 is 18.2 Å². The average molecular weight is 305 g/mol. The SMILES string of the molecule is CC(C)[C@H]1CC[C@H](C)CC1OC1C=CC(C(F)(F)F)=NO1. The second-order valence-electron chi connectivity index (χ2n) is 6.31. The Kier molecular flexibility index (Phi) is 4.96. The van der Waals surface area contributed by atoms with E-state index >= 15 is 0 Å². The van der Waals surface area contributed by atoms with Gasteiger partial charge < -0.3 is 9.57 Å². The molecule has 21 heavy (non-hydrogen) atoms. The van der Waals surface area contributed by atoms with Gasteiger partial charge in [-0.1, -0.05) is 32.3 Å². The van der Waals surface area contributed by atoms with E-state index in [1.54, 1.807) is 0 Å². The average Bonchev–Trinajstić information content (AvgIpc) is 2.38. The maximum absolute atomic E-state index is 12.4. The van der Waals surface area contributed by atoms with E-state index in [4.69, 9.17) is 9.57 Å². The third-order valence-electron chi connectivity index (χ3n) is 4.23. The van der Waals surface area contributed by atoms with Crippen LogP contribution in [0.1, 0.15) is 40.0 Å². The lowest BCUT2D eigenvalue weighted by Crippen LogP contribution is -2.38. The monoisotopic (exact) mass is 305 g/mol. The largest absolute Gasteiger partial charge is 0.436 e. The van der Waals surface area contributed by atoms with Crippen molar-refractivity contribution < 1.29 is 22.7 Å². The lowest BCUT2D eigenvalue weighted by molar-refractivity contribution is -0.175. The van der Waals surface area contributed by atoms with Gasteiger partial charge in [0.15, 0.2) is 5.71 Å². The predicted octanol–water partition coefficient (Wildman–Crippen LogP) is 4.29. The Hall–Kier alpha value is -1.04. The van der Waals surface area contributed by atoms with Gasteiger partial charge in [-0.05, 0) is 42.7 Å². The Balaban J connectivity index is 1.95. The number of hydrogen-bond acceptors (Lipinski definition) is 3. The van der Waals surface area contributed by atoms with Crippen molar-refractivity contribution in [1.82, 2.24) is 0 Å². The fourth-order valence-electron chi connectivity index (χ4n) is 3.00. The summed E-state index contributed by atoms with van der Waals surface area (Å²) in [6.45, 7) is 6.47. The lowest BCUT2D eigenvalue weighted by atomic mass is 9.75. The molecule has 4 atom stereocenters. The molecule has 2 rings (SSSR count). The fraction of sp³-hybridized carbons (Fsp3) is 0.800. The molecule has 0 amide bonds. The van der Waals surface area contributed by atoms with Crippen LogP contribution in [0.15, 0.2) is 17.3 Å². The predicted molar refractivity (Wildman–Crippen MR) is 73.7 cm³/mol. The second kappa shape index (κ2) is 6.38. The molecule has 2 aliphatic rings. The molecule has 0 aromatic heterocycles. The molecule has 1 saturated carbocycles. The van der Waals surface area contributed by atoms with Gasteiger partial charge in [0.1, 0.15) is 0 Å². The molecular formula is C15H22F3NO2. The van der Waals surface area contributed by atoms with Crippen molar-refractivity contribution in [2.45, 2.75) is 58.6 Å². The zero-order chi connectivity index (χ0) is 15.6. The van der Waals surface area contributed by atoms with E-state index in [1.807, 2.05) is 0 Å². The molecule has 1 fully saturated rings. The van der Waals surface area contributed by atoms with Crippen molar-refractivity contribution in [2.75, 3.05) is 0 Å². The standard InChI is InChI=1S/C15H22F3NO2/c1-9(2)11-5-4-10(3)8-12(11)20-14-7-6-13(19-21-14)15(16,17)18/h6-7,9-12,14H,4-5,8H2,1-3H3/t10-,11+,12?,14?/m0/s1. The van der Waals surface area contributed by atoms with Crippen LogP contribution >= 0.6 is 0 Å². The van der Waals surface area contributed by atoms with Crippen LogP contribution in [0.5, 0.6) is 0 Å². The van der Waals surface area contributed by atoms with Crippen molar-refractivity contribution in [3.8, 4) is 0 Å². The van der Waals surface area contributed by atoms with Crippen LogP contribution in [0.3, 0.4) is 0 Å². The number of alkyl halides is 3. The second-order valence-corrected chi connectivity index (χ2v) is 6.31. The molecule has 0 radical (unpaired) electrons. The van der Waals surface area contributed by atoms with Crippen LogP contribution in [0.2, 0.25) is 0 Å². The number of oxime groups is 1. The minimum Gasteiger partial charge on any atom is -0.359 e. The normalized spacial score (nSPS) is 33.8. The van der Waals surface area contributed by atoms with Crippen molar-refractivity contribution in [3.05, 3.63) is 12.2 Å². The van der Waals surface area contributed by atoms with E-state index in [1.165, 1.54) is 12.5 Å².